The van der Waals surface area contributed by atoms with Crippen molar-refractivity contribution in [2.45, 2.75) is 47.0 Å². The lowest BCUT2D eigenvalue weighted by Crippen LogP contribution is -2.14. The van der Waals surface area contributed by atoms with Crippen molar-refractivity contribution in [2.75, 3.05) is 0 Å². The molecule has 1 heterocycles. The highest BCUT2D eigenvalue weighted by Gasteiger charge is 2.35. The smallest absolute Gasteiger partial charge is 0.193 e. The summed E-state index contributed by atoms with van der Waals surface area (Å²) in [5.74, 6) is 0.0752. The lowest BCUT2D eigenvalue weighted by molar-refractivity contribution is 0.103. The Balaban J connectivity index is 0.000000195. The molecule has 1 aromatic heterocycles. The van der Waals surface area contributed by atoms with Crippen LogP contribution in [-0.2, 0) is 5.41 Å². The molecule has 0 spiro atoms. The van der Waals surface area contributed by atoms with Crippen molar-refractivity contribution in [3.8, 4) is 22.3 Å². The molecule has 0 amide bonds. The van der Waals surface area contributed by atoms with E-state index in [1.165, 1.54) is 66.3 Å². The minimum absolute atomic E-state index is 0.0274. The Morgan fingerprint density at radius 3 is 1.61 bits per heavy atom. The van der Waals surface area contributed by atoms with Crippen molar-refractivity contribution in [3.05, 3.63) is 167 Å². The van der Waals surface area contributed by atoms with Gasteiger partial charge >= 0.3 is 0 Å². The molecule has 0 saturated heterocycles. The highest BCUT2D eigenvalue weighted by Crippen LogP contribution is 2.50. The Morgan fingerprint density at radius 2 is 1.00 bits per heavy atom. The van der Waals surface area contributed by atoms with Crippen LogP contribution in [0.1, 0.15) is 65.9 Å². The maximum atomic E-state index is 11.8. The topological polar surface area (TPSA) is 32.9 Å². The summed E-state index contributed by atoms with van der Waals surface area (Å²) in [6.07, 6.45) is 0. The summed E-state index contributed by atoms with van der Waals surface area (Å²) >= 11 is 0. The molecule has 1 aliphatic carbocycles. The largest absolute Gasteiger partial charge is 0.354 e. The average Bonchev–Trinajstić information content (AvgIpc) is 3.55. The Hall–Kier alpha value is -5.21. The van der Waals surface area contributed by atoms with Gasteiger partial charge in [0.2, 0.25) is 0 Å². The van der Waals surface area contributed by atoms with Crippen molar-refractivity contribution in [2.24, 2.45) is 0 Å². The summed E-state index contributed by atoms with van der Waals surface area (Å²) in [5, 5.41) is 2.62. The molecule has 0 aliphatic heterocycles. The molecule has 2 heteroatoms. The summed E-state index contributed by atoms with van der Waals surface area (Å²) in [7, 11) is 0. The number of carbonyl (C=O) groups is 1. The standard InChI is InChI=1S/C29H25N.C13H10O.C2H6/c1-17-9-5-6-10-19(17)21-14-23-24-15-22-20-11-7-8-12-25(20)29(3,4)26(22)16-28(24)30-27(23)13-18(21)2;14-13(11-7-3-1-4-8-11)12-9-5-2-6-10-12;1-2/h5-16,30H,1-4H3;1-10H;1-2H3. The number of nitrogens with one attached hydrogen (secondary N) is 1. The maximum absolute atomic E-state index is 11.8. The maximum Gasteiger partial charge on any atom is 0.193 e. The van der Waals surface area contributed by atoms with Crippen molar-refractivity contribution in [1.29, 1.82) is 0 Å². The first-order valence-corrected chi connectivity index (χ1v) is 16.2. The fourth-order valence-corrected chi connectivity index (χ4v) is 6.76. The molecule has 0 fully saturated rings. The van der Waals surface area contributed by atoms with Crippen LogP contribution < -0.4 is 0 Å². The van der Waals surface area contributed by atoms with Gasteiger partial charge in [-0.2, -0.15) is 0 Å². The van der Waals surface area contributed by atoms with Crippen molar-refractivity contribution < 1.29 is 4.79 Å². The van der Waals surface area contributed by atoms with Gasteiger partial charge in [0.25, 0.3) is 0 Å². The molecule has 0 atom stereocenters. The summed E-state index contributed by atoms with van der Waals surface area (Å²) in [6, 6.07) is 45.6. The molecule has 6 aromatic carbocycles. The van der Waals surface area contributed by atoms with Gasteiger partial charge in [0.1, 0.15) is 0 Å². The van der Waals surface area contributed by atoms with E-state index in [9.17, 15) is 4.79 Å². The number of ketones is 1. The molecule has 8 rings (SSSR count). The van der Waals surface area contributed by atoms with Crippen LogP contribution in [0.4, 0.5) is 0 Å². The predicted octanol–water partition coefficient (Wildman–Crippen LogP) is 11.9. The number of carbonyl (C=O) groups excluding carboxylic acids is 1. The van der Waals surface area contributed by atoms with Crippen LogP contribution in [0.25, 0.3) is 44.1 Å². The molecular weight excluding hydrogens is 558 g/mol. The van der Waals surface area contributed by atoms with Crippen molar-refractivity contribution in [1.82, 2.24) is 4.98 Å². The molecule has 0 unspecified atom stereocenters. The van der Waals surface area contributed by atoms with E-state index in [-0.39, 0.29) is 11.2 Å². The summed E-state index contributed by atoms with van der Waals surface area (Å²) in [5.41, 5.74) is 14.8. The van der Waals surface area contributed by atoms with E-state index >= 15 is 0 Å². The van der Waals surface area contributed by atoms with Crippen LogP contribution >= 0.6 is 0 Å². The van der Waals surface area contributed by atoms with E-state index in [4.69, 9.17) is 0 Å². The second-order valence-electron chi connectivity index (χ2n) is 12.3. The predicted molar refractivity (Wildman–Crippen MR) is 196 cm³/mol. The van der Waals surface area contributed by atoms with Crippen LogP contribution in [0.3, 0.4) is 0 Å². The van der Waals surface area contributed by atoms with E-state index in [2.05, 4.69) is 105 Å². The normalized spacial score (nSPS) is 12.4. The number of rotatable bonds is 3. The number of hydrogen-bond acceptors (Lipinski definition) is 1. The minimum atomic E-state index is 0.0274. The lowest BCUT2D eigenvalue weighted by atomic mass is 9.82. The number of fused-ring (bicyclic) bond motifs is 6. The Labute approximate surface area is 272 Å². The van der Waals surface area contributed by atoms with Gasteiger partial charge in [0.05, 0.1) is 0 Å². The third-order valence-electron chi connectivity index (χ3n) is 9.15. The quantitative estimate of drug-likeness (QED) is 0.201. The SMILES string of the molecule is CC.Cc1ccccc1-c1cc2c(cc1C)[nH]c1cc3c(cc12)-c1ccccc1C3(C)C.O=C(c1ccccc1)c1ccccc1. The number of aromatic amines is 1. The van der Waals surface area contributed by atoms with E-state index in [0.717, 1.165) is 11.1 Å². The first kappa shape index (κ1) is 30.8. The molecule has 2 nitrogen and oxygen atoms in total. The summed E-state index contributed by atoms with van der Waals surface area (Å²) in [6.45, 7) is 13.1. The van der Waals surface area contributed by atoms with Gasteiger partial charge in [0, 0.05) is 38.3 Å². The number of benzene rings is 6. The zero-order valence-corrected chi connectivity index (χ0v) is 27.6. The van der Waals surface area contributed by atoms with E-state index in [0.29, 0.717) is 0 Å². The second-order valence-corrected chi connectivity index (χ2v) is 12.3. The number of aryl methyl sites for hydroxylation is 2. The van der Waals surface area contributed by atoms with Gasteiger partial charge in [-0.05, 0) is 82.6 Å². The first-order chi connectivity index (χ1) is 22.3. The molecule has 7 aromatic rings. The van der Waals surface area contributed by atoms with Crippen LogP contribution in [0.2, 0.25) is 0 Å². The lowest BCUT2D eigenvalue weighted by Gasteiger charge is -2.21. The van der Waals surface area contributed by atoms with Gasteiger partial charge in [-0.25, -0.2) is 0 Å². The number of hydrogen-bond donors (Lipinski definition) is 1. The third-order valence-corrected chi connectivity index (χ3v) is 9.15. The van der Waals surface area contributed by atoms with E-state index < -0.39 is 0 Å². The molecule has 0 saturated carbocycles. The third kappa shape index (κ3) is 5.45. The first-order valence-electron chi connectivity index (χ1n) is 16.2. The van der Waals surface area contributed by atoms with Gasteiger partial charge in [0.15, 0.2) is 5.78 Å². The average molecular weight is 600 g/mol. The molecule has 228 valence electrons. The van der Waals surface area contributed by atoms with Crippen LogP contribution in [0.15, 0.2) is 133 Å². The molecular formula is C44H41NO. The monoisotopic (exact) mass is 599 g/mol. The highest BCUT2D eigenvalue weighted by atomic mass is 16.1. The number of aromatic nitrogens is 1. The summed E-state index contributed by atoms with van der Waals surface area (Å²) < 4.78 is 0. The molecule has 1 N–H and O–H groups in total. The van der Waals surface area contributed by atoms with Gasteiger partial charge in [-0.15, -0.1) is 0 Å². The fraction of sp³-hybridized carbons (Fsp3) is 0.159. The summed E-state index contributed by atoms with van der Waals surface area (Å²) in [4.78, 5) is 15.6. The minimum Gasteiger partial charge on any atom is -0.354 e. The Kier molecular flexibility index (Phi) is 8.47. The van der Waals surface area contributed by atoms with Gasteiger partial charge in [-0.1, -0.05) is 137 Å². The van der Waals surface area contributed by atoms with Crippen LogP contribution in [0.5, 0.6) is 0 Å². The van der Waals surface area contributed by atoms with E-state index in [1.807, 2.05) is 74.5 Å². The second kappa shape index (κ2) is 12.7. The molecule has 46 heavy (non-hydrogen) atoms. The Bertz CT molecular complexity index is 2130. The highest BCUT2D eigenvalue weighted by molar-refractivity contribution is 6.11. The Morgan fingerprint density at radius 1 is 0.500 bits per heavy atom. The molecule has 0 radical (unpaired) electrons. The van der Waals surface area contributed by atoms with Gasteiger partial charge in [-0.3, -0.25) is 4.79 Å². The van der Waals surface area contributed by atoms with Gasteiger partial charge < -0.3 is 4.98 Å². The van der Waals surface area contributed by atoms with Crippen LogP contribution in [0, 0.1) is 13.8 Å². The zero-order chi connectivity index (χ0) is 32.4. The number of H-pyrrole nitrogens is 1. The fourth-order valence-electron chi connectivity index (χ4n) is 6.76. The van der Waals surface area contributed by atoms with Crippen molar-refractivity contribution in [3.63, 3.8) is 0 Å². The zero-order valence-electron chi connectivity index (χ0n) is 27.6. The molecule has 1 aliphatic rings. The van der Waals surface area contributed by atoms with Crippen LogP contribution in [-0.4, -0.2) is 10.8 Å². The van der Waals surface area contributed by atoms with Crippen molar-refractivity contribution >= 4 is 27.6 Å². The van der Waals surface area contributed by atoms with E-state index in [1.54, 1.807) is 0 Å². The molecule has 0 bridgehead atoms.